The Kier molecular flexibility index (Phi) is 5.86. The summed E-state index contributed by atoms with van der Waals surface area (Å²) in [5.41, 5.74) is 13.5. The Bertz CT molecular complexity index is 396. The summed E-state index contributed by atoms with van der Waals surface area (Å²) in [6.07, 6.45) is 0.621. The van der Waals surface area contributed by atoms with Gasteiger partial charge in [0.05, 0.1) is 5.69 Å². The quantitative estimate of drug-likeness (QED) is 0.456. The molecule has 0 radical (unpaired) electrons. The Morgan fingerprint density at radius 1 is 1.56 bits per heavy atom. The maximum Gasteiger partial charge on any atom is 0.144 e. The van der Waals surface area contributed by atoms with Crippen LogP contribution in [0.2, 0.25) is 0 Å². The van der Waals surface area contributed by atoms with Crippen molar-refractivity contribution in [1.82, 2.24) is 0 Å². The van der Waals surface area contributed by atoms with Crippen LogP contribution in [-0.4, -0.2) is 5.11 Å². The number of aromatic hydroxyl groups is 1. The maximum atomic E-state index is 9.80. The van der Waals surface area contributed by atoms with Gasteiger partial charge in [-0.25, -0.2) is 0 Å². The third kappa shape index (κ3) is 3.40. The first kappa shape index (κ1) is 15.3. The van der Waals surface area contributed by atoms with E-state index in [1.165, 1.54) is 0 Å². The molecule has 5 N–H and O–H groups in total. The van der Waals surface area contributed by atoms with Crippen LogP contribution < -0.4 is 11.5 Å². The first-order valence-electron chi connectivity index (χ1n) is 4.60. The zero-order valence-corrected chi connectivity index (χ0v) is 11.4. The van der Waals surface area contributed by atoms with E-state index in [4.69, 9.17) is 11.5 Å². The molecule has 0 aliphatic heterocycles. The summed E-state index contributed by atoms with van der Waals surface area (Å²) < 4.78 is 0.767. The molecular formula is C11H16BrClN2O. The van der Waals surface area contributed by atoms with Gasteiger partial charge in [-0.15, -0.1) is 19.0 Å². The summed E-state index contributed by atoms with van der Waals surface area (Å²) in [4.78, 5) is 0. The number of nitrogens with two attached hydrogens (primary N) is 2. The lowest BCUT2D eigenvalue weighted by atomic mass is 10.00. The van der Waals surface area contributed by atoms with Crippen molar-refractivity contribution in [3.8, 4) is 5.75 Å². The van der Waals surface area contributed by atoms with Crippen molar-refractivity contribution in [3.05, 3.63) is 34.3 Å². The second-order valence-corrected chi connectivity index (χ2v) is 4.52. The molecule has 0 aliphatic rings. The number of anilines is 1. The van der Waals surface area contributed by atoms with Gasteiger partial charge in [0, 0.05) is 16.1 Å². The molecule has 1 aromatic carbocycles. The van der Waals surface area contributed by atoms with Crippen LogP contribution in [-0.2, 0) is 0 Å². The smallest absolute Gasteiger partial charge is 0.144 e. The van der Waals surface area contributed by atoms with Crippen molar-refractivity contribution in [2.75, 3.05) is 5.73 Å². The van der Waals surface area contributed by atoms with Gasteiger partial charge in [-0.1, -0.05) is 21.5 Å². The van der Waals surface area contributed by atoms with E-state index in [1.807, 2.05) is 6.92 Å². The van der Waals surface area contributed by atoms with Gasteiger partial charge in [0.25, 0.3) is 0 Å². The third-order valence-corrected chi connectivity index (χ3v) is 2.83. The molecule has 0 spiro atoms. The number of nitrogen functional groups attached to an aromatic ring is 1. The molecule has 0 saturated carbocycles. The van der Waals surface area contributed by atoms with Crippen LogP contribution >= 0.6 is 28.3 Å². The molecule has 5 heteroatoms. The number of hydrogen-bond donors (Lipinski definition) is 3. The molecule has 3 nitrogen and oxygen atoms in total. The van der Waals surface area contributed by atoms with Gasteiger partial charge in [0.15, 0.2) is 0 Å². The Hall–Kier alpha value is -0.710. The van der Waals surface area contributed by atoms with Crippen LogP contribution in [0.25, 0.3) is 0 Å². The highest BCUT2D eigenvalue weighted by atomic mass is 79.9. The minimum absolute atomic E-state index is 0. The topological polar surface area (TPSA) is 72.3 Å². The van der Waals surface area contributed by atoms with Crippen LogP contribution in [0.15, 0.2) is 28.8 Å². The van der Waals surface area contributed by atoms with Crippen molar-refractivity contribution >= 4 is 34.0 Å². The summed E-state index contributed by atoms with van der Waals surface area (Å²) >= 11 is 3.35. The molecule has 0 saturated heterocycles. The van der Waals surface area contributed by atoms with Gasteiger partial charge in [0.1, 0.15) is 5.75 Å². The molecule has 0 aliphatic carbocycles. The highest BCUT2D eigenvalue weighted by Crippen LogP contribution is 2.37. The second-order valence-electron chi connectivity index (χ2n) is 3.67. The molecule has 0 fully saturated rings. The Morgan fingerprint density at radius 2 is 2.12 bits per heavy atom. The monoisotopic (exact) mass is 306 g/mol. The zero-order chi connectivity index (χ0) is 11.6. The zero-order valence-electron chi connectivity index (χ0n) is 9.03. The van der Waals surface area contributed by atoms with E-state index in [2.05, 4.69) is 22.5 Å². The van der Waals surface area contributed by atoms with E-state index in [-0.39, 0.29) is 24.2 Å². The number of rotatable bonds is 3. The molecule has 0 heterocycles. The first-order chi connectivity index (χ1) is 6.93. The minimum atomic E-state index is -0.291. The molecule has 1 rings (SSSR count). The predicted octanol–water partition coefficient (Wildman–Crippen LogP) is 3.12. The molecule has 0 unspecified atom stereocenters. The second kappa shape index (κ2) is 6.13. The Balaban J connectivity index is 0.00000225. The third-order valence-electron chi connectivity index (χ3n) is 2.13. The van der Waals surface area contributed by atoms with Gasteiger partial charge in [-0.3, -0.25) is 0 Å². The van der Waals surface area contributed by atoms with Gasteiger partial charge in [-0.05, 0) is 25.5 Å². The summed E-state index contributed by atoms with van der Waals surface area (Å²) in [5, 5.41) is 9.80. The van der Waals surface area contributed by atoms with Gasteiger partial charge in [-0.2, -0.15) is 0 Å². The SMILES string of the molecule is C=C(C)C[C@H](N)c1c(Br)ccc(N)c1O.Cl. The summed E-state index contributed by atoms with van der Waals surface area (Å²) in [5.74, 6) is 0.0538. The average molecular weight is 308 g/mol. The van der Waals surface area contributed by atoms with Crippen molar-refractivity contribution in [3.63, 3.8) is 0 Å². The van der Waals surface area contributed by atoms with E-state index in [0.29, 0.717) is 17.7 Å². The van der Waals surface area contributed by atoms with Crippen molar-refractivity contribution in [2.45, 2.75) is 19.4 Å². The number of halogens is 2. The predicted molar refractivity (Wildman–Crippen MR) is 73.8 cm³/mol. The molecule has 1 aromatic rings. The molecule has 90 valence electrons. The van der Waals surface area contributed by atoms with Crippen LogP contribution in [0.5, 0.6) is 5.75 Å². The number of benzene rings is 1. The fraction of sp³-hybridized carbons (Fsp3) is 0.273. The molecule has 0 bridgehead atoms. The van der Waals surface area contributed by atoms with Crippen molar-refractivity contribution in [1.29, 1.82) is 0 Å². The van der Waals surface area contributed by atoms with Crippen molar-refractivity contribution in [2.24, 2.45) is 5.73 Å². The van der Waals surface area contributed by atoms with Gasteiger partial charge in [0.2, 0.25) is 0 Å². The minimum Gasteiger partial charge on any atom is -0.505 e. The Labute approximate surface area is 110 Å². The maximum absolute atomic E-state index is 9.80. The fourth-order valence-electron chi connectivity index (χ4n) is 1.43. The number of hydrogen-bond acceptors (Lipinski definition) is 3. The van der Waals surface area contributed by atoms with Crippen LogP contribution in [0.1, 0.15) is 24.9 Å². The number of phenols is 1. The molecule has 1 atom stereocenters. The first-order valence-corrected chi connectivity index (χ1v) is 5.39. The van der Waals surface area contributed by atoms with E-state index in [0.717, 1.165) is 10.0 Å². The van der Waals surface area contributed by atoms with E-state index >= 15 is 0 Å². The van der Waals surface area contributed by atoms with Crippen LogP contribution in [0.3, 0.4) is 0 Å². The summed E-state index contributed by atoms with van der Waals surface area (Å²) in [7, 11) is 0. The summed E-state index contributed by atoms with van der Waals surface area (Å²) in [6.45, 7) is 5.69. The molecular weight excluding hydrogens is 291 g/mol. The van der Waals surface area contributed by atoms with E-state index in [9.17, 15) is 5.11 Å². The largest absolute Gasteiger partial charge is 0.505 e. The van der Waals surface area contributed by atoms with Gasteiger partial charge >= 0.3 is 0 Å². The molecule has 0 aromatic heterocycles. The lowest BCUT2D eigenvalue weighted by Gasteiger charge is -2.16. The van der Waals surface area contributed by atoms with Crippen LogP contribution in [0, 0.1) is 0 Å². The van der Waals surface area contributed by atoms with Crippen LogP contribution in [0.4, 0.5) is 5.69 Å². The Morgan fingerprint density at radius 3 is 2.62 bits per heavy atom. The standard InChI is InChI=1S/C11H15BrN2O.ClH/c1-6(2)5-9(14)10-7(12)3-4-8(13)11(10)15;/h3-4,9,15H,1,5,13-14H2,2H3;1H/t9-;/m0./s1. The average Bonchev–Trinajstić information content (AvgIpc) is 2.11. The van der Waals surface area contributed by atoms with Gasteiger partial charge < -0.3 is 16.6 Å². The molecule has 0 amide bonds. The van der Waals surface area contributed by atoms with E-state index < -0.39 is 0 Å². The lowest BCUT2D eigenvalue weighted by Crippen LogP contribution is -2.12. The highest BCUT2D eigenvalue weighted by molar-refractivity contribution is 9.10. The summed E-state index contributed by atoms with van der Waals surface area (Å²) in [6, 6.07) is 3.12. The highest BCUT2D eigenvalue weighted by Gasteiger charge is 2.16. The van der Waals surface area contributed by atoms with Crippen molar-refractivity contribution < 1.29 is 5.11 Å². The molecule has 16 heavy (non-hydrogen) atoms. The number of phenolic OH excluding ortho intramolecular Hbond substituents is 1. The van der Waals surface area contributed by atoms with E-state index in [1.54, 1.807) is 12.1 Å². The fourth-order valence-corrected chi connectivity index (χ4v) is 2.04. The normalized spacial score (nSPS) is 11.7. The lowest BCUT2D eigenvalue weighted by molar-refractivity contribution is 0.463.